The third kappa shape index (κ3) is 3.61. The van der Waals surface area contributed by atoms with E-state index < -0.39 is 28.0 Å². The molecule has 0 aliphatic carbocycles. The highest BCUT2D eigenvalue weighted by atomic mass is 32.2. The molecule has 1 amide bonds. The van der Waals surface area contributed by atoms with E-state index in [9.17, 15) is 23.1 Å². The molecule has 1 saturated heterocycles. The monoisotopic (exact) mass is 456 g/mol. The molecule has 8 heteroatoms. The first-order valence-electron chi connectivity index (χ1n) is 10.7. The minimum Gasteiger partial charge on any atom is -0.480 e. The first-order valence-corrected chi connectivity index (χ1v) is 12.1. The van der Waals surface area contributed by atoms with Gasteiger partial charge in [-0.1, -0.05) is 51.1 Å². The Morgan fingerprint density at radius 3 is 2.19 bits per heavy atom. The lowest BCUT2D eigenvalue weighted by atomic mass is 9.74. The van der Waals surface area contributed by atoms with Crippen molar-refractivity contribution in [2.45, 2.75) is 49.3 Å². The van der Waals surface area contributed by atoms with E-state index in [1.165, 1.54) is 9.21 Å². The molecule has 2 aliphatic heterocycles. The van der Waals surface area contributed by atoms with Gasteiger partial charge in [-0.2, -0.15) is 4.31 Å². The van der Waals surface area contributed by atoms with Crippen LogP contribution in [-0.2, 0) is 30.4 Å². The van der Waals surface area contributed by atoms with Crippen molar-refractivity contribution >= 4 is 27.6 Å². The smallest absolute Gasteiger partial charge is 0.323 e. The molecule has 2 aliphatic rings. The summed E-state index contributed by atoms with van der Waals surface area (Å²) < 4.78 is 27.9. The van der Waals surface area contributed by atoms with Crippen molar-refractivity contribution in [1.82, 2.24) is 4.31 Å². The summed E-state index contributed by atoms with van der Waals surface area (Å²) in [5.41, 5.74) is 1.50. The summed E-state index contributed by atoms with van der Waals surface area (Å²) in [6.45, 7) is 6.22. The second kappa shape index (κ2) is 7.71. The number of fused-ring (bicyclic) bond motifs is 2. The number of benzene rings is 2. The average molecular weight is 457 g/mol. The van der Waals surface area contributed by atoms with Crippen molar-refractivity contribution in [1.29, 1.82) is 0 Å². The molecule has 1 spiro atoms. The summed E-state index contributed by atoms with van der Waals surface area (Å²) >= 11 is 0. The van der Waals surface area contributed by atoms with Gasteiger partial charge >= 0.3 is 5.97 Å². The second-order valence-electron chi connectivity index (χ2n) is 9.56. The molecule has 2 aromatic rings. The van der Waals surface area contributed by atoms with Crippen molar-refractivity contribution < 1.29 is 23.1 Å². The maximum absolute atomic E-state index is 13.3. The zero-order chi connectivity index (χ0) is 23.3. The van der Waals surface area contributed by atoms with Crippen molar-refractivity contribution in [3.05, 3.63) is 59.7 Å². The van der Waals surface area contributed by atoms with Crippen molar-refractivity contribution in [3.8, 4) is 0 Å². The van der Waals surface area contributed by atoms with Gasteiger partial charge in [0.05, 0.1) is 10.3 Å². The van der Waals surface area contributed by atoms with Gasteiger partial charge in [0, 0.05) is 18.8 Å². The molecule has 1 fully saturated rings. The van der Waals surface area contributed by atoms with E-state index in [-0.39, 0.29) is 29.3 Å². The predicted molar refractivity (Wildman–Crippen MR) is 121 cm³/mol. The SMILES string of the molecule is CC(C)(C)c1ccc(S(=O)(=O)N2CCC3(CC2)C(=O)N(CC(=O)O)c2ccccc23)cc1. The quantitative estimate of drug-likeness (QED) is 0.763. The van der Waals surface area contributed by atoms with Gasteiger partial charge in [0.1, 0.15) is 6.54 Å². The molecule has 0 saturated carbocycles. The number of anilines is 1. The van der Waals surface area contributed by atoms with E-state index in [0.29, 0.717) is 18.5 Å². The third-order valence-electron chi connectivity index (χ3n) is 6.59. The summed E-state index contributed by atoms with van der Waals surface area (Å²) in [5.74, 6) is -1.34. The summed E-state index contributed by atoms with van der Waals surface area (Å²) in [4.78, 5) is 26.2. The van der Waals surface area contributed by atoms with Crippen LogP contribution in [0.3, 0.4) is 0 Å². The highest BCUT2D eigenvalue weighted by Gasteiger charge is 2.53. The number of hydrogen-bond acceptors (Lipinski definition) is 4. The molecule has 0 radical (unpaired) electrons. The van der Waals surface area contributed by atoms with E-state index in [1.807, 2.05) is 24.3 Å². The summed E-state index contributed by atoms with van der Waals surface area (Å²) in [6.07, 6.45) is 0.635. The molecular weight excluding hydrogens is 428 g/mol. The summed E-state index contributed by atoms with van der Waals surface area (Å²) in [7, 11) is -3.68. The minimum atomic E-state index is -3.68. The number of hydrogen-bond donors (Lipinski definition) is 1. The standard InChI is InChI=1S/C24H28N2O5S/c1-23(2,3)17-8-10-18(11-9-17)32(30,31)25-14-12-24(13-15-25)19-6-4-5-7-20(19)26(22(24)29)16-21(27)28/h4-11H,12-16H2,1-3H3,(H,27,28). The number of carbonyl (C=O) groups is 2. The van der Waals surface area contributed by atoms with E-state index in [1.54, 1.807) is 24.3 Å². The molecule has 0 atom stereocenters. The van der Waals surface area contributed by atoms with Gasteiger partial charge in [0.2, 0.25) is 15.9 Å². The van der Waals surface area contributed by atoms with Crippen LogP contribution in [0.25, 0.3) is 0 Å². The number of carboxylic acids is 1. The maximum Gasteiger partial charge on any atom is 0.323 e. The van der Waals surface area contributed by atoms with Gasteiger partial charge in [-0.25, -0.2) is 8.42 Å². The number of sulfonamides is 1. The van der Waals surface area contributed by atoms with Crippen molar-refractivity contribution in [2.75, 3.05) is 24.5 Å². The Bertz CT molecular complexity index is 1160. The summed E-state index contributed by atoms with van der Waals surface area (Å²) in [6, 6.07) is 14.2. The molecule has 0 bridgehead atoms. The zero-order valence-electron chi connectivity index (χ0n) is 18.5. The Labute approximate surface area is 188 Å². The van der Waals surface area contributed by atoms with Crippen LogP contribution in [0.15, 0.2) is 53.4 Å². The molecule has 170 valence electrons. The summed E-state index contributed by atoms with van der Waals surface area (Å²) in [5, 5.41) is 9.27. The molecule has 0 unspecified atom stereocenters. The number of piperidine rings is 1. The molecular formula is C24H28N2O5S. The van der Waals surface area contributed by atoms with Gasteiger partial charge in [0.15, 0.2) is 0 Å². The number of aliphatic carboxylic acids is 1. The average Bonchev–Trinajstić information content (AvgIpc) is 2.96. The van der Waals surface area contributed by atoms with Crippen LogP contribution < -0.4 is 4.90 Å². The van der Waals surface area contributed by atoms with Crippen LogP contribution in [0, 0.1) is 0 Å². The molecule has 4 rings (SSSR count). The molecule has 7 nitrogen and oxygen atoms in total. The lowest BCUT2D eigenvalue weighted by molar-refractivity contribution is -0.137. The Hall–Kier alpha value is -2.71. The molecule has 2 aromatic carbocycles. The van der Waals surface area contributed by atoms with Crippen LogP contribution in [0.2, 0.25) is 0 Å². The minimum absolute atomic E-state index is 0.0716. The highest BCUT2D eigenvalue weighted by Crippen LogP contribution is 2.48. The highest BCUT2D eigenvalue weighted by molar-refractivity contribution is 7.89. The van der Waals surface area contributed by atoms with Crippen LogP contribution in [0.4, 0.5) is 5.69 Å². The lowest BCUT2D eigenvalue weighted by Crippen LogP contribution is -2.50. The first kappa shape index (κ1) is 22.5. The third-order valence-corrected chi connectivity index (χ3v) is 8.51. The second-order valence-corrected chi connectivity index (χ2v) is 11.5. The number of rotatable bonds is 4. The number of carbonyl (C=O) groups excluding carboxylic acids is 1. The van der Waals surface area contributed by atoms with Crippen LogP contribution in [0.1, 0.15) is 44.7 Å². The van der Waals surface area contributed by atoms with Crippen LogP contribution >= 0.6 is 0 Å². The Morgan fingerprint density at radius 2 is 1.62 bits per heavy atom. The predicted octanol–water partition coefficient (Wildman–Crippen LogP) is 3.14. The van der Waals surface area contributed by atoms with Gasteiger partial charge in [-0.15, -0.1) is 0 Å². The van der Waals surface area contributed by atoms with Crippen molar-refractivity contribution in [3.63, 3.8) is 0 Å². The topological polar surface area (TPSA) is 95.0 Å². The van der Waals surface area contributed by atoms with Crippen LogP contribution in [0.5, 0.6) is 0 Å². The number of carboxylic acid groups (broad SMARTS) is 1. The molecule has 32 heavy (non-hydrogen) atoms. The van der Waals surface area contributed by atoms with E-state index in [4.69, 9.17) is 0 Å². The fraction of sp³-hybridized carbons (Fsp3) is 0.417. The fourth-order valence-electron chi connectivity index (χ4n) is 4.76. The molecule has 1 N–H and O–H groups in total. The van der Waals surface area contributed by atoms with E-state index in [0.717, 1.165) is 11.1 Å². The Kier molecular flexibility index (Phi) is 5.41. The molecule has 2 heterocycles. The Balaban J connectivity index is 1.58. The van der Waals surface area contributed by atoms with Crippen molar-refractivity contribution in [2.24, 2.45) is 0 Å². The van der Waals surface area contributed by atoms with Crippen LogP contribution in [-0.4, -0.2) is 49.3 Å². The van der Waals surface area contributed by atoms with Gasteiger partial charge in [-0.3, -0.25) is 9.59 Å². The number of amides is 1. The van der Waals surface area contributed by atoms with E-state index in [2.05, 4.69) is 20.8 Å². The molecule has 0 aromatic heterocycles. The first-order chi connectivity index (χ1) is 15.0. The Morgan fingerprint density at radius 1 is 1.03 bits per heavy atom. The number of para-hydroxylation sites is 1. The largest absolute Gasteiger partial charge is 0.480 e. The maximum atomic E-state index is 13.3. The van der Waals surface area contributed by atoms with Gasteiger partial charge in [-0.05, 0) is 47.6 Å². The fourth-order valence-corrected chi connectivity index (χ4v) is 6.20. The number of nitrogens with zero attached hydrogens (tertiary/aromatic N) is 2. The van der Waals surface area contributed by atoms with Gasteiger partial charge in [0.25, 0.3) is 0 Å². The zero-order valence-corrected chi connectivity index (χ0v) is 19.4. The van der Waals surface area contributed by atoms with Gasteiger partial charge < -0.3 is 10.0 Å². The lowest BCUT2D eigenvalue weighted by Gasteiger charge is -2.37. The normalized spacial score (nSPS) is 18.7. The van der Waals surface area contributed by atoms with E-state index >= 15 is 0 Å².